The Labute approximate surface area is 179 Å². The molecule has 3 nitrogen and oxygen atoms in total. The van der Waals surface area contributed by atoms with Gasteiger partial charge in [-0.15, -0.1) is 0 Å². The maximum Gasteiger partial charge on any atom is 0.416 e. The van der Waals surface area contributed by atoms with Crippen molar-refractivity contribution in [2.75, 3.05) is 6.54 Å². The number of rotatable bonds is 5. The number of halogens is 4. The zero-order valence-corrected chi connectivity index (χ0v) is 17.2. The molecule has 2 N–H and O–H groups in total. The first-order chi connectivity index (χ1) is 14.1. The highest BCUT2D eigenvalue weighted by Gasteiger charge is 2.48. The fourth-order valence-corrected chi connectivity index (χ4v) is 5.15. The van der Waals surface area contributed by atoms with Crippen LogP contribution in [0.4, 0.5) is 13.2 Å². The largest absolute Gasteiger partial charge is 0.416 e. The van der Waals surface area contributed by atoms with E-state index in [9.17, 15) is 23.4 Å². The molecule has 4 rings (SSSR count). The monoisotopic (exact) mass is 439 g/mol. The van der Waals surface area contributed by atoms with Crippen molar-refractivity contribution in [3.63, 3.8) is 0 Å². The second-order valence-corrected chi connectivity index (χ2v) is 9.02. The van der Waals surface area contributed by atoms with Crippen LogP contribution in [-0.2, 0) is 18.2 Å². The average Bonchev–Trinajstić information content (AvgIpc) is 2.92. The van der Waals surface area contributed by atoms with Gasteiger partial charge in [0, 0.05) is 23.7 Å². The smallest absolute Gasteiger partial charge is 0.391 e. The van der Waals surface area contributed by atoms with E-state index in [1.165, 1.54) is 12.1 Å². The third-order valence-corrected chi connectivity index (χ3v) is 6.73. The van der Waals surface area contributed by atoms with E-state index < -0.39 is 23.4 Å². The van der Waals surface area contributed by atoms with Gasteiger partial charge in [0.1, 0.15) is 0 Å². The highest BCUT2D eigenvalue weighted by Crippen LogP contribution is 2.45. The van der Waals surface area contributed by atoms with Crippen molar-refractivity contribution < 1.29 is 23.4 Å². The Morgan fingerprint density at radius 2 is 1.57 bits per heavy atom. The van der Waals surface area contributed by atoms with Gasteiger partial charge in [-0.1, -0.05) is 35.9 Å². The Morgan fingerprint density at radius 1 is 1.00 bits per heavy atom. The molecule has 3 atom stereocenters. The fraction of sp³-hybridized carbons (Fsp3) is 0.478. The van der Waals surface area contributed by atoms with Crippen LogP contribution >= 0.6 is 11.6 Å². The predicted octanol–water partition coefficient (Wildman–Crippen LogP) is 4.78. The lowest BCUT2D eigenvalue weighted by atomic mass is 9.80. The van der Waals surface area contributed by atoms with Crippen LogP contribution in [0, 0.1) is 0 Å². The number of benzene rings is 2. The molecule has 2 aliphatic heterocycles. The van der Waals surface area contributed by atoms with Crippen molar-refractivity contribution in [3.05, 3.63) is 70.2 Å². The molecule has 3 unspecified atom stereocenters. The van der Waals surface area contributed by atoms with Crippen molar-refractivity contribution in [1.29, 1.82) is 0 Å². The SMILES string of the molecule is OC(Cc1ccc(C(F)(F)F)cc1)CN1C2CCC1CC(O)(c1ccc(Cl)cc1)C2. The third-order valence-electron chi connectivity index (χ3n) is 6.47. The molecule has 7 heteroatoms. The molecule has 0 aliphatic carbocycles. The molecule has 162 valence electrons. The van der Waals surface area contributed by atoms with Crippen LogP contribution < -0.4 is 0 Å². The highest BCUT2D eigenvalue weighted by molar-refractivity contribution is 6.30. The van der Waals surface area contributed by atoms with E-state index >= 15 is 0 Å². The minimum absolute atomic E-state index is 0.173. The van der Waals surface area contributed by atoms with Crippen LogP contribution in [-0.4, -0.2) is 39.8 Å². The van der Waals surface area contributed by atoms with Crippen molar-refractivity contribution in [1.82, 2.24) is 4.90 Å². The Hall–Kier alpha value is -1.60. The first-order valence-electron chi connectivity index (χ1n) is 10.2. The van der Waals surface area contributed by atoms with Crippen molar-refractivity contribution in [2.24, 2.45) is 0 Å². The van der Waals surface area contributed by atoms with E-state index in [1.807, 2.05) is 12.1 Å². The van der Waals surface area contributed by atoms with Gasteiger partial charge in [0.2, 0.25) is 0 Å². The number of nitrogens with zero attached hydrogens (tertiary/aromatic N) is 1. The normalized spacial score (nSPS) is 27.9. The summed E-state index contributed by atoms with van der Waals surface area (Å²) < 4.78 is 38.1. The molecule has 0 amide bonds. The number of hydrogen-bond donors (Lipinski definition) is 2. The zero-order chi connectivity index (χ0) is 21.5. The maximum atomic E-state index is 12.7. The first kappa shape index (κ1) is 21.6. The van der Waals surface area contributed by atoms with Gasteiger partial charge < -0.3 is 10.2 Å². The maximum absolute atomic E-state index is 12.7. The summed E-state index contributed by atoms with van der Waals surface area (Å²) in [5.74, 6) is 0. The zero-order valence-electron chi connectivity index (χ0n) is 16.4. The lowest BCUT2D eigenvalue weighted by Crippen LogP contribution is -2.51. The number of aliphatic hydroxyl groups is 2. The number of aliphatic hydroxyl groups excluding tert-OH is 1. The molecule has 0 spiro atoms. The van der Waals surface area contributed by atoms with E-state index in [0.29, 0.717) is 36.4 Å². The van der Waals surface area contributed by atoms with Gasteiger partial charge in [0.25, 0.3) is 0 Å². The van der Waals surface area contributed by atoms with Crippen LogP contribution in [0.25, 0.3) is 0 Å². The van der Waals surface area contributed by atoms with Crippen LogP contribution in [0.5, 0.6) is 0 Å². The van der Waals surface area contributed by atoms with E-state index in [0.717, 1.165) is 30.5 Å². The average molecular weight is 440 g/mol. The molecule has 2 aromatic carbocycles. The summed E-state index contributed by atoms with van der Waals surface area (Å²) in [7, 11) is 0. The molecule has 0 aromatic heterocycles. The third kappa shape index (κ3) is 4.52. The van der Waals surface area contributed by atoms with Crippen LogP contribution in [0.2, 0.25) is 5.02 Å². The molecule has 0 radical (unpaired) electrons. The Morgan fingerprint density at radius 3 is 2.10 bits per heavy atom. The topological polar surface area (TPSA) is 43.7 Å². The van der Waals surface area contributed by atoms with E-state index in [1.54, 1.807) is 12.1 Å². The lowest BCUT2D eigenvalue weighted by Gasteiger charge is -2.44. The summed E-state index contributed by atoms with van der Waals surface area (Å²) in [5.41, 5.74) is -0.0340. The van der Waals surface area contributed by atoms with Crippen LogP contribution in [0.3, 0.4) is 0 Å². The van der Waals surface area contributed by atoms with Gasteiger partial charge in [-0.3, -0.25) is 4.90 Å². The second-order valence-electron chi connectivity index (χ2n) is 8.58. The van der Waals surface area contributed by atoms with Crippen molar-refractivity contribution in [3.8, 4) is 0 Å². The van der Waals surface area contributed by atoms with E-state index in [-0.39, 0.29) is 12.1 Å². The van der Waals surface area contributed by atoms with Gasteiger partial charge >= 0.3 is 6.18 Å². The Kier molecular flexibility index (Phi) is 5.88. The summed E-state index contributed by atoms with van der Waals surface area (Å²) in [4.78, 5) is 2.26. The molecule has 2 heterocycles. The highest BCUT2D eigenvalue weighted by atomic mass is 35.5. The quantitative estimate of drug-likeness (QED) is 0.704. The predicted molar refractivity (Wildman–Crippen MR) is 109 cm³/mol. The summed E-state index contributed by atoms with van der Waals surface area (Å²) in [6.07, 6.45) is -1.61. The number of hydrogen-bond acceptors (Lipinski definition) is 3. The molecule has 30 heavy (non-hydrogen) atoms. The fourth-order valence-electron chi connectivity index (χ4n) is 5.02. The number of alkyl halides is 3. The summed E-state index contributed by atoms with van der Waals surface area (Å²) in [6, 6.07) is 12.6. The molecule has 2 saturated heterocycles. The first-order valence-corrected chi connectivity index (χ1v) is 10.6. The standard InChI is InChI=1S/C23H25ClF3NO2/c24-18-7-5-16(6-8-18)22(30)12-19-9-10-20(13-22)28(19)14-21(29)11-15-1-3-17(4-2-15)23(25,26)27/h1-8,19-21,29-30H,9-14H2. The van der Waals surface area contributed by atoms with Crippen LogP contribution in [0.15, 0.2) is 48.5 Å². The van der Waals surface area contributed by atoms with Crippen molar-refractivity contribution in [2.45, 2.75) is 62.1 Å². The summed E-state index contributed by atoms with van der Waals surface area (Å²) in [6.45, 7) is 0.451. The number of fused-ring (bicyclic) bond motifs is 2. The van der Waals surface area contributed by atoms with Crippen molar-refractivity contribution >= 4 is 11.6 Å². The van der Waals surface area contributed by atoms with Gasteiger partial charge in [-0.2, -0.15) is 13.2 Å². The minimum Gasteiger partial charge on any atom is -0.391 e. The molecule has 2 fully saturated rings. The van der Waals surface area contributed by atoms with Gasteiger partial charge in [0.15, 0.2) is 0 Å². The van der Waals surface area contributed by atoms with E-state index in [4.69, 9.17) is 11.6 Å². The minimum atomic E-state index is -4.36. The molecular formula is C23H25ClF3NO2. The van der Waals surface area contributed by atoms with Gasteiger partial charge in [0.05, 0.1) is 17.3 Å². The summed E-state index contributed by atoms with van der Waals surface area (Å²) >= 11 is 5.97. The molecule has 2 aromatic rings. The van der Waals surface area contributed by atoms with Gasteiger partial charge in [-0.05, 0) is 67.5 Å². The molecule has 2 aliphatic rings. The van der Waals surface area contributed by atoms with E-state index in [2.05, 4.69) is 4.90 Å². The molecule has 2 bridgehead atoms. The van der Waals surface area contributed by atoms with Gasteiger partial charge in [-0.25, -0.2) is 0 Å². The summed E-state index contributed by atoms with van der Waals surface area (Å²) in [5, 5.41) is 22.5. The Bertz CT molecular complexity index is 856. The number of piperidine rings is 1. The Balaban J connectivity index is 1.38. The lowest BCUT2D eigenvalue weighted by molar-refractivity contribution is -0.137. The molecule has 0 saturated carbocycles. The second kappa shape index (κ2) is 8.15. The molecular weight excluding hydrogens is 415 g/mol. The van der Waals surface area contributed by atoms with Crippen LogP contribution in [0.1, 0.15) is 42.4 Å².